The highest BCUT2D eigenvalue weighted by Gasteiger charge is 2.42. The van der Waals surface area contributed by atoms with Crippen LogP contribution in [-0.2, 0) is 9.59 Å². The van der Waals surface area contributed by atoms with Gasteiger partial charge in [-0.15, -0.1) is 0 Å². The molecule has 94 valence electrons. The van der Waals surface area contributed by atoms with Crippen LogP contribution in [0, 0.1) is 0 Å². The van der Waals surface area contributed by atoms with Crippen molar-refractivity contribution >= 4 is 22.8 Å². The lowest BCUT2D eigenvalue weighted by Crippen LogP contribution is -2.39. The van der Waals surface area contributed by atoms with Gasteiger partial charge < -0.3 is 4.90 Å². The normalized spacial score (nSPS) is 28.1. The molecule has 2 heterocycles. The molecule has 0 unspecified atom stereocenters. The Morgan fingerprint density at radius 1 is 1.06 bits per heavy atom. The SMILES string of the molecule is O=C1SCCC(=O)N2[C@H]1CC[C@H]2c1ccccc1. The van der Waals surface area contributed by atoms with Gasteiger partial charge in [0, 0.05) is 12.2 Å². The molecule has 0 aromatic heterocycles. The summed E-state index contributed by atoms with van der Waals surface area (Å²) in [6.45, 7) is 0. The summed E-state index contributed by atoms with van der Waals surface area (Å²) in [6, 6.07) is 9.93. The molecule has 3 nitrogen and oxygen atoms in total. The second kappa shape index (κ2) is 4.76. The van der Waals surface area contributed by atoms with Crippen molar-refractivity contribution in [1.29, 1.82) is 0 Å². The topological polar surface area (TPSA) is 37.4 Å². The smallest absolute Gasteiger partial charge is 0.224 e. The first-order valence-corrected chi connectivity index (χ1v) is 7.28. The first-order chi connectivity index (χ1) is 8.77. The van der Waals surface area contributed by atoms with E-state index in [4.69, 9.17) is 0 Å². The molecule has 0 radical (unpaired) electrons. The molecular weight excluding hydrogens is 246 g/mol. The highest BCUT2D eigenvalue weighted by molar-refractivity contribution is 8.13. The first-order valence-electron chi connectivity index (χ1n) is 6.30. The van der Waals surface area contributed by atoms with Crippen molar-refractivity contribution in [3.63, 3.8) is 0 Å². The van der Waals surface area contributed by atoms with Gasteiger partial charge in [0.15, 0.2) is 0 Å². The minimum atomic E-state index is -0.199. The van der Waals surface area contributed by atoms with Gasteiger partial charge in [-0.05, 0) is 18.4 Å². The van der Waals surface area contributed by atoms with Crippen molar-refractivity contribution in [2.24, 2.45) is 0 Å². The number of carbonyl (C=O) groups excluding carboxylic acids is 2. The fourth-order valence-corrected chi connectivity index (χ4v) is 3.76. The summed E-state index contributed by atoms with van der Waals surface area (Å²) in [4.78, 5) is 26.0. The van der Waals surface area contributed by atoms with E-state index in [-0.39, 0.29) is 23.1 Å². The minimum Gasteiger partial charge on any atom is -0.325 e. The zero-order valence-corrected chi connectivity index (χ0v) is 10.9. The lowest BCUT2D eigenvalue weighted by Gasteiger charge is -2.28. The summed E-state index contributed by atoms with van der Waals surface area (Å²) < 4.78 is 0. The Labute approximate surface area is 111 Å². The van der Waals surface area contributed by atoms with Crippen molar-refractivity contribution in [3.05, 3.63) is 35.9 Å². The van der Waals surface area contributed by atoms with Crippen LogP contribution in [0.15, 0.2) is 30.3 Å². The van der Waals surface area contributed by atoms with Crippen molar-refractivity contribution in [3.8, 4) is 0 Å². The second-order valence-electron chi connectivity index (χ2n) is 4.74. The van der Waals surface area contributed by atoms with Gasteiger partial charge >= 0.3 is 0 Å². The third-order valence-electron chi connectivity index (χ3n) is 3.69. The molecule has 0 N–H and O–H groups in total. The molecule has 0 bridgehead atoms. The molecule has 0 aliphatic carbocycles. The van der Waals surface area contributed by atoms with Crippen LogP contribution in [0.3, 0.4) is 0 Å². The molecule has 0 saturated carbocycles. The largest absolute Gasteiger partial charge is 0.325 e. The van der Waals surface area contributed by atoms with E-state index in [0.29, 0.717) is 12.2 Å². The zero-order chi connectivity index (χ0) is 12.5. The summed E-state index contributed by atoms with van der Waals surface area (Å²) in [5.41, 5.74) is 1.15. The molecule has 2 aliphatic heterocycles. The van der Waals surface area contributed by atoms with Crippen LogP contribution in [0.1, 0.15) is 30.9 Å². The third kappa shape index (κ3) is 1.94. The number of rotatable bonds is 1. The van der Waals surface area contributed by atoms with E-state index in [2.05, 4.69) is 0 Å². The lowest BCUT2D eigenvalue weighted by molar-refractivity contribution is -0.136. The van der Waals surface area contributed by atoms with Crippen LogP contribution < -0.4 is 0 Å². The van der Waals surface area contributed by atoms with Gasteiger partial charge in [0.2, 0.25) is 11.0 Å². The van der Waals surface area contributed by atoms with E-state index >= 15 is 0 Å². The zero-order valence-electron chi connectivity index (χ0n) is 10.0. The Morgan fingerprint density at radius 2 is 1.78 bits per heavy atom. The molecule has 0 spiro atoms. The summed E-state index contributed by atoms with van der Waals surface area (Å²) >= 11 is 1.31. The highest BCUT2D eigenvalue weighted by Crippen LogP contribution is 2.39. The first kappa shape index (κ1) is 11.8. The van der Waals surface area contributed by atoms with E-state index in [9.17, 15) is 9.59 Å². The average molecular weight is 261 g/mol. The summed E-state index contributed by atoms with van der Waals surface area (Å²) in [5.74, 6) is 0.760. The minimum absolute atomic E-state index is 0.0892. The predicted octanol–water partition coefficient (Wildman–Crippen LogP) is 2.38. The lowest BCUT2D eigenvalue weighted by atomic mass is 10.0. The Bertz CT molecular complexity index is 474. The molecule has 2 fully saturated rings. The predicted molar refractivity (Wildman–Crippen MR) is 71.1 cm³/mol. The van der Waals surface area contributed by atoms with E-state index < -0.39 is 0 Å². The number of nitrogens with zero attached hydrogens (tertiary/aromatic N) is 1. The van der Waals surface area contributed by atoms with E-state index in [1.165, 1.54) is 11.8 Å². The van der Waals surface area contributed by atoms with Crippen molar-refractivity contribution in [2.45, 2.75) is 31.3 Å². The molecule has 1 amide bonds. The fraction of sp³-hybridized carbons (Fsp3) is 0.429. The Kier molecular flexibility index (Phi) is 3.12. The number of amides is 1. The van der Waals surface area contributed by atoms with E-state index in [1.807, 2.05) is 35.2 Å². The van der Waals surface area contributed by atoms with Crippen LogP contribution in [0.4, 0.5) is 0 Å². The van der Waals surface area contributed by atoms with E-state index in [0.717, 1.165) is 18.4 Å². The van der Waals surface area contributed by atoms with Gasteiger partial charge in [-0.3, -0.25) is 9.59 Å². The second-order valence-corrected chi connectivity index (χ2v) is 5.84. The summed E-state index contributed by atoms with van der Waals surface area (Å²) in [5, 5.41) is 0.166. The maximum Gasteiger partial charge on any atom is 0.224 e. The summed E-state index contributed by atoms with van der Waals surface area (Å²) in [7, 11) is 0. The molecule has 18 heavy (non-hydrogen) atoms. The monoisotopic (exact) mass is 261 g/mol. The fourth-order valence-electron chi connectivity index (χ4n) is 2.86. The van der Waals surface area contributed by atoms with Crippen LogP contribution in [0.2, 0.25) is 0 Å². The number of carbonyl (C=O) groups is 2. The maximum absolute atomic E-state index is 12.2. The van der Waals surface area contributed by atoms with E-state index in [1.54, 1.807) is 0 Å². The standard InChI is InChI=1S/C14H15NO2S/c16-13-8-9-18-14(17)12-7-6-11(15(12)13)10-4-2-1-3-5-10/h1-5,11-12H,6-9H2/t11-,12-/m0/s1. The quantitative estimate of drug-likeness (QED) is 0.779. The molecule has 1 aromatic rings. The van der Waals surface area contributed by atoms with Gasteiger partial charge in [-0.1, -0.05) is 42.1 Å². The number of benzene rings is 1. The van der Waals surface area contributed by atoms with Crippen LogP contribution in [-0.4, -0.2) is 27.7 Å². The van der Waals surface area contributed by atoms with Gasteiger partial charge in [0.05, 0.1) is 6.04 Å². The Balaban J connectivity index is 1.94. The number of hydrogen-bond donors (Lipinski definition) is 0. The van der Waals surface area contributed by atoms with Gasteiger partial charge in [-0.25, -0.2) is 0 Å². The van der Waals surface area contributed by atoms with Crippen molar-refractivity contribution in [2.75, 3.05) is 5.75 Å². The third-order valence-corrected chi connectivity index (χ3v) is 4.65. The van der Waals surface area contributed by atoms with Gasteiger partial charge in [0.1, 0.15) is 6.04 Å². The Hall–Kier alpha value is -1.29. The number of hydrogen-bond acceptors (Lipinski definition) is 3. The number of thioether (sulfide) groups is 1. The molecule has 4 heteroatoms. The van der Waals surface area contributed by atoms with Crippen LogP contribution >= 0.6 is 11.8 Å². The van der Waals surface area contributed by atoms with Crippen molar-refractivity contribution < 1.29 is 9.59 Å². The molecule has 2 atom stereocenters. The van der Waals surface area contributed by atoms with Gasteiger partial charge in [0.25, 0.3) is 0 Å². The average Bonchev–Trinajstić information content (AvgIpc) is 2.78. The van der Waals surface area contributed by atoms with Crippen molar-refractivity contribution in [1.82, 2.24) is 4.90 Å². The highest BCUT2D eigenvalue weighted by atomic mass is 32.2. The van der Waals surface area contributed by atoms with Gasteiger partial charge in [-0.2, -0.15) is 0 Å². The number of fused-ring (bicyclic) bond motifs is 1. The molecule has 3 rings (SSSR count). The molecule has 1 aromatic carbocycles. The molecular formula is C14H15NO2S. The molecule has 2 aliphatic rings. The van der Waals surface area contributed by atoms with Crippen LogP contribution in [0.5, 0.6) is 0 Å². The maximum atomic E-state index is 12.2. The molecule has 2 saturated heterocycles. The van der Waals surface area contributed by atoms with Crippen LogP contribution in [0.25, 0.3) is 0 Å². The Morgan fingerprint density at radius 3 is 2.56 bits per heavy atom. The summed E-state index contributed by atoms with van der Waals surface area (Å²) in [6.07, 6.45) is 2.18.